The van der Waals surface area contributed by atoms with Crippen LogP contribution in [0.1, 0.15) is 44.2 Å². The molecule has 1 aliphatic rings. The van der Waals surface area contributed by atoms with Crippen LogP contribution in [0.25, 0.3) is 10.9 Å². The van der Waals surface area contributed by atoms with E-state index in [1.807, 2.05) is 0 Å². The zero-order valence-corrected chi connectivity index (χ0v) is 14.7. The molecule has 1 heterocycles. The van der Waals surface area contributed by atoms with Crippen LogP contribution in [0.2, 0.25) is 0 Å². The predicted octanol–water partition coefficient (Wildman–Crippen LogP) is 5.85. The Bertz CT molecular complexity index is 634. The first-order valence-electron chi connectivity index (χ1n) is 7.22. The van der Waals surface area contributed by atoms with Gasteiger partial charge in [0, 0.05) is 38.2 Å². The fourth-order valence-electron chi connectivity index (χ4n) is 3.04. The van der Waals surface area contributed by atoms with Crippen molar-refractivity contribution in [1.29, 1.82) is 0 Å². The summed E-state index contributed by atoms with van der Waals surface area (Å²) in [5, 5.41) is 4.66. The standard InChI is InChI=1S/C16H18Br2N2/c1-2-19-15-9-14(10-5-3-4-6-10)20-16-12(15)7-11(17)8-13(16)18/h7-10H,2-6H2,1H3,(H,19,20). The van der Waals surface area contributed by atoms with Crippen molar-refractivity contribution in [1.82, 2.24) is 4.98 Å². The topological polar surface area (TPSA) is 24.9 Å². The molecule has 0 atom stereocenters. The van der Waals surface area contributed by atoms with E-state index in [0.29, 0.717) is 5.92 Å². The minimum Gasteiger partial charge on any atom is -0.385 e. The number of nitrogens with zero attached hydrogens (tertiary/aromatic N) is 1. The molecule has 1 aromatic heterocycles. The fourth-order valence-corrected chi connectivity index (χ4v) is 4.35. The molecule has 20 heavy (non-hydrogen) atoms. The van der Waals surface area contributed by atoms with Crippen LogP contribution in [-0.2, 0) is 0 Å². The van der Waals surface area contributed by atoms with Gasteiger partial charge in [-0.25, -0.2) is 0 Å². The minimum absolute atomic E-state index is 0.632. The summed E-state index contributed by atoms with van der Waals surface area (Å²) >= 11 is 7.22. The summed E-state index contributed by atoms with van der Waals surface area (Å²) < 4.78 is 2.13. The zero-order valence-electron chi connectivity index (χ0n) is 11.5. The highest BCUT2D eigenvalue weighted by Crippen LogP contribution is 2.38. The average molecular weight is 398 g/mol. The summed E-state index contributed by atoms with van der Waals surface area (Å²) in [6, 6.07) is 6.47. The Morgan fingerprint density at radius 3 is 2.65 bits per heavy atom. The molecule has 0 saturated heterocycles. The van der Waals surface area contributed by atoms with Crippen LogP contribution >= 0.6 is 31.9 Å². The number of nitrogens with one attached hydrogen (secondary N) is 1. The van der Waals surface area contributed by atoms with Crippen LogP contribution in [-0.4, -0.2) is 11.5 Å². The van der Waals surface area contributed by atoms with Crippen molar-refractivity contribution in [3.8, 4) is 0 Å². The van der Waals surface area contributed by atoms with Gasteiger partial charge in [-0.05, 0) is 53.9 Å². The van der Waals surface area contributed by atoms with Gasteiger partial charge in [-0.15, -0.1) is 0 Å². The first-order chi connectivity index (χ1) is 9.69. The summed E-state index contributed by atoms with van der Waals surface area (Å²) in [5.41, 5.74) is 3.50. The van der Waals surface area contributed by atoms with Gasteiger partial charge in [0.25, 0.3) is 0 Å². The number of aromatic nitrogens is 1. The monoisotopic (exact) mass is 396 g/mol. The second-order valence-corrected chi connectivity index (χ2v) is 7.16. The SMILES string of the molecule is CCNc1cc(C2CCCC2)nc2c(Br)cc(Br)cc12. The summed E-state index contributed by atoms with van der Waals surface area (Å²) in [6.45, 7) is 3.06. The highest BCUT2D eigenvalue weighted by atomic mass is 79.9. The lowest BCUT2D eigenvalue weighted by molar-refractivity contribution is 0.701. The Labute approximate surface area is 136 Å². The van der Waals surface area contributed by atoms with E-state index in [-0.39, 0.29) is 0 Å². The van der Waals surface area contributed by atoms with Crippen molar-refractivity contribution < 1.29 is 0 Å². The highest BCUT2D eigenvalue weighted by molar-refractivity contribution is 9.11. The van der Waals surface area contributed by atoms with Gasteiger partial charge in [-0.3, -0.25) is 4.98 Å². The third-order valence-electron chi connectivity index (χ3n) is 3.99. The summed E-state index contributed by atoms with van der Waals surface area (Å²) in [7, 11) is 0. The summed E-state index contributed by atoms with van der Waals surface area (Å²) in [5.74, 6) is 0.632. The van der Waals surface area contributed by atoms with E-state index < -0.39 is 0 Å². The molecule has 2 nitrogen and oxygen atoms in total. The molecule has 1 fully saturated rings. The third kappa shape index (κ3) is 2.73. The van der Waals surface area contributed by atoms with Gasteiger partial charge in [0.2, 0.25) is 0 Å². The molecule has 1 aromatic carbocycles. The molecule has 0 aliphatic heterocycles. The van der Waals surface area contributed by atoms with E-state index in [4.69, 9.17) is 4.98 Å². The van der Waals surface area contributed by atoms with E-state index in [1.54, 1.807) is 0 Å². The van der Waals surface area contributed by atoms with E-state index in [9.17, 15) is 0 Å². The summed E-state index contributed by atoms with van der Waals surface area (Å²) in [4.78, 5) is 4.93. The number of fused-ring (bicyclic) bond motifs is 1. The second kappa shape index (κ2) is 6.02. The Morgan fingerprint density at radius 1 is 1.20 bits per heavy atom. The van der Waals surface area contributed by atoms with Gasteiger partial charge in [-0.1, -0.05) is 28.8 Å². The zero-order chi connectivity index (χ0) is 14.1. The number of benzene rings is 1. The van der Waals surface area contributed by atoms with Crippen molar-refractivity contribution in [3.63, 3.8) is 0 Å². The normalized spacial score (nSPS) is 15.9. The van der Waals surface area contributed by atoms with E-state index in [0.717, 1.165) is 21.0 Å². The van der Waals surface area contributed by atoms with Crippen LogP contribution in [0.3, 0.4) is 0 Å². The van der Waals surface area contributed by atoms with Crippen LogP contribution in [0.5, 0.6) is 0 Å². The van der Waals surface area contributed by atoms with Crippen LogP contribution in [0.4, 0.5) is 5.69 Å². The molecule has 0 bridgehead atoms. The number of hydrogen-bond acceptors (Lipinski definition) is 2. The summed E-state index contributed by atoms with van der Waals surface area (Å²) in [6.07, 6.45) is 5.22. The van der Waals surface area contributed by atoms with Crippen LogP contribution in [0, 0.1) is 0 Å². The lowest BCUT2D eigenvalue weighted by atomic mass is 10.0. The number of halogens is 2. The van der Waals surface area contributed by atoms with Gasteiger partial charge in [0.1, 0.15) is 0 Å². The maximum Gasteiger partial charge on any atom is 0.0868 e. The van der Waals surface area contributed by atoms with E-state index in [2.05, 4.69) is 62.3 Å². The maximum absolute atomic E-state index is 4.93. The number of pyridine rings is 1. The predicted molar refractivity (Wildman–Crippen MR) is 92.5 cm³/mol. The molecule has 1 saturated carbocycles. The average Bonchev–Trinajstić information content (AvgIpc) is 2.93. The first kappa shape index (κ1) is 14.3. The molecule has 0 radical (unpaired) electrons. The third-order valence-corrected chi connectivity index (χ3v) is 5.05. The van der Waals surface area contributed by atoms with Gasteiger partial charge in [0.05, 0.1) is 5.52 Å². The molecular formula is C16H18Br2N2. The molecule has 4 heteroatoms. The minimum atomic E-state index is 0.632. The smallest absolute Gasteiger partial charge is 0.0868 e. The van der Waals surface area contributed by atoms with Gasteiger partial charge < -0.3 is 5.32 Å². The quantitative estimate of drug-likeness (QED) is 0.702. The molecule has 0 spiro atoms. The lowest BCUT2D eigenvalue weighted by Gasteiger charge is -2.15. The van der Waals surface area contributed by atoms with E-state index >= 15 is 0 Å². The van der Waals surface area contributed by atoms with Gasteiger partial charge >= 0.3 is 0 Å². The molecule has 106 valence electrons. The first-order valence-corrected chi connectivity index (χ1v) is 8.81. The molecule has 3 rings (SSSR count). The van der Waals surface area contributed by atoms with Crippen molar-refractivity contribution in [2.45, 2.75) is 38.5 Å². The molecule has 1 N–H and O–H groups in total. The number of hydrogen-bond donors (Lipinski definition) is 1. The van der Waals surface area contributed by atoms with Crippen molar-refractivity contribution >= 4 is 48.5 Å². The maximum atomic E-state index is 4.93. The fraction of sp³-hybridized carbons (Fsp3) is 0.438. The van der Waals surface area contributed by atoms with Gasteiger partial charge in [-0.2, -0.15) is 0 Å². The molecule has 2 aromatic rings. The molecule has 1 aliphatic carbocycles. The second-order valence-electron chi connectivity index (χ2n) is 5.39. The van der Waals surface area contributed by atoms with Crippen LogP contribution in [0.15, 0.2) is 27.1 Å². The number of rotatable bonds is 3. The van der Waals surface area contributed by atoms with E-state index in [1.165, 1.54) is 42.5 Å². The Kier molecular flexibility index (Phi) is 4.32. The van der Waals surface area contributed by atoms with Crippen molar-refractivity contribution in [3.05, 3.63) is 32.8 Å². The Morgan fingerprint density at radius 2 is 1.95 bits per heavy atom. The van der Waals surface area contributed by atoms with Crippen molar-refractivity contribution in [2.75, 3.05) is 11.9 Å². The Hall–Kier alpha value is -0.610. The molecular weight excluding hydrogens is 380 g/mol. The largest absolute Gasteiger partial charge is 0.385 e. The lowest BCUT2D eigenvalue weighted by Crippen LogP contribution is -2.03. The number of anilines is 1. The van der Waals surface area contributed by atoms with Crippen molar-refractivity contribution in [2.24, 2.45) is 0 Å². The molecule has 0 unspecified atom stereocenters. The highest BCUT2D eigenvalue weighted by Gasteiger charge is 2.20. The van der Waals surface area contributed by atoms with Crippen LogP contribution < -0.4 is 5.32 Å². The van der Waals surface area contributed by atoms with Gasteiger partial charge in [0.15, 0.2) is 0 Å². The Balaban J connectivity index is 2.19. The molecule has 0 amide bonds.